The third-order valence-corrected chi connectivity index (χ3v) is 16.5. The van der Waals surface area contributed by atoms with Gasteiger partial charge in [0.05, 0.1) is 31.5 Å². The first-order valence-electron chi connectivity index (χ1n) is 21.0. The normalized spacial score (nSPS) is 50.0. The smallest absolute Gasteiger partial charge is 0.187 e. The molecule has 0 unspecified atom stereocenters. The first kappa shape index (κ1) is 43.8. The first-order chi connectivity index (χ1) is 25.6. The van der Waals surface area contributed by atoms with Crippen LogP contribution in [0.1, 0.15) is 107 Å². The van der Waals surface area contributed by atoms with Crippen molar-refractivity contribution >= 4 is 0 Å². The fourth-order valence-electron chi connectivity index (χ4n) is 12.7. The molecule has 9 N–H and O–H groups in total. The number of hydrogen-bond acceptors (Lipinski definition) is 13. The van der Waals surface area contributed by atoms with Crippen LogP contribution in [0.15, 0.2) is 11.6 Å². The topological polar surface area (TPSA) is 219 Å². The summed E-state index contributed by atoms with van der Waals surface area (Å²) in [4.78, 5) is 0. The fraction of sp³-hybridized carbons (Fsp3) is 0.952. The maximum atomic E-state index is 11.0. The molecule has 2 saturated heterocycles. The van der Waals surface area contributed by atoms with Gasteiger partial charge in [-0.2, -0.15) is 0 Å². The molecule has 6 aliphatic rings. The lowest BCUT2D eigenvalue weighted by Crippen LogP contribution is -2.63. The molecule has 4 aliphatic carbocycles. The Labute approximate surface area is 327 Å². The van der Waals surface area contributed by atoms with Crippen LogP contribution in [-0.2, 0) is 18.9 Å². The second-order valence-corrected chi connectivity index (χ2v) is 20.0. The zero-order valence-electron chi connectivity index (χ0n) is 34.2. The maximum Gasteiger partial charge on any atom is 0.187 e. The Morgan fingerprint density at radius 1 is 0.745 bits per heavy atom. The average molecular weight is 785 g/mol. The van der Waals surface area contributed by atoms with Crippen molar-refractivity contribution in [1.29, 1.82) is 0 Å². The molecule has 0 bridgehead atoms. The van der Waals surface area contributed by atoms with E-state index in [0.717, 1.165) is 38.5 Å². The number of rotatable bonds is 11. The predicted octanol–water partition coefficient (Wildman–Crippen LogP) is 2.00. The second kappa shape index (κ2) is 16.0. The van der Waals surface area contributed by atoms with E-state index >= 15 is 0 Å². The van der Waals surface area contributed by atoms with E-state index in [1.165, 1.54) is 5.57 Å². The van der Waals surface area contributed by atoms with Gasteiger partial charge in [-0.05, 0) is 97.2 Å². The molecule has 20 atom stereocenters. The van der Waals surface area contributed by atoms with Gasteiger partial charge in [-0.25, -0.2) is 0 Å². The van der Waals surface area contributed by atoms with E-state index in [9.17, 15) is 46.0 Å². The standard InChI is InChI=1S/C42H72O13/c1-20(2)30(45)25(44)17-21(3)22-13-14-42(8)28-11-9-23-24(40(28,6)15-16-41(22,42)7)10-12-29(39(23,4)5)55-38-36(51)34(49)32(47)27(54-38)19-52-37-35(50)33(48)31(46)26(18-43)53-37/h9,20-22,24-38,43-51H,10-19H2,1-8H3/t21-,22-,24-,25-,26-,27-,28-,29+,30+,31-,32-,33+,34+,35-,36-,37-,38+,40+,41-,42+/m1/s1. The van der Waals surface area contributed by atoms with Crippen LogP contribution in [0.5, 0.6) is 0 Å². The second-order valence-electron chi connectivity index (χ2n) is 20.0. The molecule has 3 saturated carbocycles. The zero-order valence-corrected chi connectivity index (χ0v) is 34.2. The van der Waals surface area contributed by atoms with Crippen LogP contribution in [0.3, 0.4) is 0 Å². The van der Waals surface area contributed by atoms with Gasteiger partial charge in [0.25, 0.3) is 0 Å². The third-order valence-electron chi connectivity index (χ3n) is 16.5. The van der Waals surface area contributed by atoms with Gasteiger partial charge in [0.15, 0.2) is 12.6 Å². The summed E-state index contributed by atoms with van der Waals surface area (Å²) in [5.74, 6) is 1.64. The van der Waals surface area contributed by atoms with Crippen LogP contribution in [-0.4, -0.2) is 139 Å². The minimum atomic E-state index is -1.65. The summed E-state index contributed by atoms with van der Waals surface area (Å²) in [7, 11) is 0. The van der Waals surface area contributed by atoms with E-state index in [0.29, 0.717) is 36.5 Å². The summed E-state index contributed by atoms with van der Waals surface area (Å²) in [6.45, 7) is 17.0. The van der Waals surface area contributed by atoms with Crippen molar-refractivity contribution in [1.82, 2.24) is 0 Å². The van der Waals surface area contributed by atoms with Crippen LogP contribution in [0, 0.1) is 51.2 Å². The molecule has 0 radical (unpaired) electrons. The highest BCUT2D eigenvalue weighted by Gasteiger charge is 2.67. The maximum absolute atomic E-state index is 11.0. The summed E-state index contributed by atoms with van der Waals surface area (Å²) >= 11 is 0. The third kappa shape index (κ3) is 7.31. The Bertz CT molecular complexity index is 1360. The molecule has 318 valence electrons. The van der Waals surface area contributed by atoms with E-state index in [4.69, 9.17) is 18.9 Å². The van der Waals surface area contributed by atoms with Crippen molar-refractivity contribution in [2.24, 2.45) is 51.2 Å². The molecular weight excluding hydrogens is 712 g/mol. The van der Waals surface area contributed by atoms with Crippen molar-refractivity contribution in [3.05, 3.63) is 11.6 Å². The van der Waals surface area contributed by atoms with Gasteiger partial charge in [-0.3, -0.25) is 0 Å². The van der Waals surface area contributed by atoms with Gasteiger partial charge < -0.3 is 64.9 Å². The molecule has 0 amide bonds. The monoisotopic (exact) mass is 784 g/mol. The molecule has 2 heterocycles. The van der Waals surface area contributed by atoms with Crippen molar-refractivity contribution in [3.8, 4) is 0 Å². The molecule has 6 rings (SSSR count). The average Bonchev–Trinajstić information content (AvgIpc) is 3.42. The van der Waals surface area contributed by atoms with Crippen molar-refractivity contribution in [2.75, 3.05) is 13.2 Å². The van der Waals surface area contributed by atoms with Gasteiger partial charge in [0, 0.05) is 5.41 Å². The van der Waals surface area contributed by atoms with E-state index in [1.807, 2.05) is 13.8 Å². The highest BCUT2D eigenvalue weighted by atomic mass is 16.7. The van der Waals surface area contributed by atoms with Crippen LogP contribution in [0.2, 0.25) is 0 Å². The lowest BCUT2D eigenvalue weighted by atomic mass is 9.39. The Morgan fingerprint density at radius 2 is 1.36 bits per heavy atom. The van der Waals surface area contributed by atoms with E-state index in [2.05, 4.69) is 47.6 Å². The van der Waals surface area contributed by atoms with Gasteiger partial charge in [-0.1, -0.05) is 67.0 Å². The highest BCUT2D eigenvalue weighted by Crippen LogP contribution is 2.75. The lowest BCUT2D eigenvalue weighted by Gasteiger charge is -2.66. The number of ether oxygens (including phenoxy) is 4. The van der Waals surface area contributed by atoms with E-state index < -0.39 is 92.2 Å². The molecule has 13 heteroatoms. The lowest BCUT2D eigenvalue weighted by molar-refractivity contribution is -0.340. The Balaban J connectivity index is 1.14. The zero-order chi connectivity index (χ0) is 40.6. The summed E-state index contributed by atoms with van der Waals surface area (Å²) in [5.41, 5.74) is 1.27. The van der Waals surface area contributed by atoms with Gasteiger partial charge >= 0.3 is 0 Å². The molecule has 0 aromatic carbocycles. The number of allylic oxidation sites excluding steroid dienone is 1. The summed E-state index contributed by atoms with van der Waals surface area (Å²) in [5, 5.41) is 94.4. The first-order valence-corrected chi connectivity index (χ1v) is 21.0. The summed E-state index contributed by atoms with van der Waals surface area (Å²) < 4.78 is 23.6. The Morgan fingerprint density at radius 3 is 2.00 bits per heavy atom. The molecule has 55 heavy (non-hydrogen) atoms. The molecule has 2 aliphatic heterocycles. The van der Waals surface area contributed by atoms with Crippen LogP contribution < -0.4 is 0 Å². The minimum Gasteiger partial charge on any atom is -0.394 e. The Hall–Kier alpha value is -0.780. The Kier molecular flexibility index (Phi) is 12.7. The van der Waals surface area contributed by atoms with Crippen molar-refractivity contribution in [2.45, 2.75) is 186 Å². The molecule has 13 nitrogen and oxygen atoms in total. The van der Waals surface area contributed by atoms with Crippen molar-refractivity contribution in [3.63, 3.8) is 0 Å². The van der Waals surface area contributed by atoms with E-state index in [-0.39, 0.29) is 28.3 Å². The van der Waals surface area contributed by atoms with Gasteiger partial charge in [0.1, 0.15) is 48.8 Å². The number of hydrogen-bond donors (Lipinski definition) is 9. The highest BCUT2D eigenvalue weighted by molar-refractivity contribution is 5.30. The SMILES string of the molecule is CC(C)[C@H](O)[C@H](O)C[C@@H](C)[C@H]1CC[C@@]2(C)[C@@H]3CC=C4[C@@H](CC[C@H](O[C@@H]5O[C@H](CO[C@@H]6O[C@H](CO)[C@@H](O)[C@H](O)[C@H]6O)[C@@H](O)[C@H](O)[C@H]5O)C4(C)C)[C@]3(C)CC[C@]12C. The number of fused-ring (bicyclic) bond motifs is 5. The van der Waals surface area contributed by atoms with E-state index in [1.54, 1.807) is 0 Å². The minimum absolute atomic E-state index is 0.0133. The van der Waals surface area contributed by atoms with Crippen molar-refractivity contribution < 1.29 is 64.9 Å². The van der Waals surface area contributed by atoms with Crippen LogP contribution >= 0.6 is 0 Å². The van der Waals surface area contributed by atoms with Gasteiger partial charge in [0.2, 0.25) is 0 Å². The summed E-state index contributed by atoms with van der Waals surface area (Å²) in [6.07, 6.45) is -6.33. The molecule has 0 aromatic rings. The largest absolute Gasteiger partial charge is 0.394 e. The molecule has 5 fully saturated rings. The quantitative estimate of drug-likeness (QED) is 0.137. The van der Waals surface area contributed by atoms with Crippen LogP contribution in [0.25, 0.3) is 0 Å². The molecule has 0 aromatic heterocycles. The number of aliphatic hydroxyl groups excluding tert-OH is 9. The summed E-state index contributed by atoms with van der Waals surface area (Å²) in [6, 6.07) is 0. The van der Waals surface area contributed by atoms with Crippen LogP contribution in [0.4, 0.5) is 0 Å². The van der Waals surface area contributed by atoms with Gasteiger partial charge in [-0.15, -0.1) is 0 Å². The fourth-order valence-corrected chi connectivity index (χ4v) is 12.7. The molecular formula is C42H72O13. The number of aliphatic hydroxyl groups is 9. The molecule has 0 spiro atoms. The predicted molar refractivity (Wildman–Crippen MR) is 201 cm³/mol.